The number of nitrogens with zero attached hydrogens (tertiary/aromatic N) is 4. The zero-order chi connectivity index (χ0) is 31.9. The van der Waals surface area contributed by atoms with Crippen molar-refractivity contribution in [2.45, 2.75) is 33.6 Å². The Morgan fingerprint density at radius 2 is 1.84 bits per heavy atom. The number of nitrogens with one attached hydrogen (secondary N) is 3. The molecule has 1 fully saturated rings. The van der Waals surface area contributed by atoms with E-state index in [-0.39, 0.29) is 18.0 Å². The Hall–Kier alpha value is -5.02. The van der Waals surface area contributed by atoms with Gasteiger partial charge in [0.1, 0.15) is 11.2 Å². The van der Waals surface area contributed by atoms with E-state index in [0.29, 0.717) is 22.8 Å². The highest BCUT2D eigenvalue weighted by Gasteiger charge is 2.21. The van der Waals surface area contributed by atoms with Crippen molar-refractivity contribution in [1.29, 1.82) is 5.41 Å². The molecule has 2 aromatic heterocycles. The fraction of sp³-hybridized carbons (Fsp3) is 0.278. The maximum atomic E-state index is 13.0. The molecule has 1 saturated heterocycles. The summed E-state index contributed by atoms with van der Waals surface area (Å²) in [6.45, 7) is 9.83. The van der Waals surface area contributed by atoms with E-state index in [9.17, 15) is 4.79 Å². The summed E-state index contributed by atoms with van der Waals surface area (Å²) in [5, 5.41) is 12.2. The number of likely N-dealkylation sites (N-methyl/N-ethyl adjacent to an activating group) is 1. The van der Waals surface area contributed by atoms with Gasteiger partial charge in [0, 0.05) is 43.1 Å². The van der Waals surface area contributed by atoms with E-state index in [2.05, 4.69) is 39.1 Å². The lowest BCUT2D eigenvalue weighted by Crippen LogP contribution is -2.44. The number of allylic oxidation sites excluding steroid dienone is 5. The van der Waals surface area contributed by atoms with E-state index < -0.39 is 0 Å². The highest BCUT2D eigenvalue weighted by Crippen LogP contribution is 2.28. The average molecular weight is 603 g/mol. The summed E-state index contributed by atoms with van der Waals surface area (Å²) in [7, 11) is 2.13. The van der Waals surface area contributed by atoms with Crippen molar-refractivity contribution in [1.82, 2.24) is 25.2 Å². The van der Waals surface area contributed by atoms with Crippen LogP contribution in [0.3, 0.4) is 0 Å². The van der Waals surface area contributed by atoms with E-state index in [4.69, 9.17) is 16.1 Å². The minimum Gasteiger partial charge on any atom is -0.398 e. The van der Waals surface area contributed by atoms with Crippen molar-refractivity contribution < 1.29 is 4.79 Å². The van der Waals surface area contributed by atoms with Crippen LogP contribution in [0, 0.1) is 5.41 Å². The van der Waals surface area contributed by atoms with Gasteiger partial charge in [-0.25, -0.2) is 4.98 Å². The Kier molecular flexibility index (Phi) is 9.89. The number of pyridine rings is 1. The molecule has 0 bridgehead atoms. The van der Waals surface area contributed by atoms with Crippen molar-refractivity contribution >= 4 is 39.6 Å². The molecule has 1 aliphatic heterocycles. The van der Waals surface area contributed by atoms with Gasteiger partial charge < -0.3 is 25.8 Å². The smallest absolute Gasteiger partial charge is 0.228 e. The lowest BCUT2D eigenvalue weighted by Gasteiger charge is -2.33. The molecule has 0 spiro atoms. The number of anilines is 2. The Balaban J connectivity index is 1.43. The van der Waals surface area contributed by atoms with Crippen LogP contribution in [0.5, 0.6) is 0 Å². The molecule has 5 N–H and O–H groups in total. The van der Waals surface area contributed by atoms with Gasteiger partial charge in [0.05, 0.1) is 30.0 Å². The number of imidazole rings is 1. The lowest BCUT2D eigenvalue weighted by molar-refractivity contribution is -0.119. The number of carbonyl (C=O) groups is 1. The molecule has 0 aliphatic carbocycles. The number of aromatic nitrogens is 3. The Labute approximate surface area is 265 Å². The first kappa shape index (κ1) is 31.4. The summed E-state index contributed by atoms with van der Waals surface area (Å²) in [4.78, 5) is 30.2. The SMILES string of the molecule is CC=C(C=C(C=C(C)CC)NC(=O)Cc1ccccc1)c1ccc(N)c(C(=N)c2nc3c(N4CCN(C)CC4)cncc3[nH]2)c1. The molecule has 1 aliphatic rings. The molecule has 232 valence electrons. The second kappa shape index (κ2) is 14.2. The van der Waals surface area contributed by atoms with Gasteiger partial charge in [0.15, 0.2) is 5.82 Å². The van der Waals surface area contributed by atoms with E-state index >= 15 is 0 Å². The first-order valence-corrected chi connectivity index (χ1v) is 15.4. The van der Waals surface area contributed by atoms with Crippen LogP contribution in [0.1, 0.15) is 49.7 Å². The molecule has 1 amide bonds. The summed E-state index contributed by atoms with van der Waals surface area (Å²) in [5.41, 5.74) is 14.8. The molecule has 0 saturated carbocycles. The third kappa shape index (κ3) is 7.56. The molecule has 0 unspecified atom stereocenters. The van der Waals surface area contributed by atoms with Gasteiger partial charge in [-0.3, -0.25) is 15.2 Å². The van der Waals surface area contributed by atoms with Crippen LogP contribution in [0.2, 0.25) is 0 Å². The number of amides is 1. The number of rotatable bonds is 10. The van der Waals surface area contributed by atoms with Crippen LogP contribution in [0.15, 0.2) is 90.4 Å². The van der Waals surface area contributed by atoms with Gasteiger partial charge in [0.2, 0.25) is 5.91 Å². The summed E-state index contributed by atoms with van der Waals surface area (Å²) in [6.07, 6.45) is 10.7. The van der Waals surface area contributed by atoms with E-state index in [0.717, 1.165) is 71.6 Å². The van der Waals surface area contributed by atoms with E-state index in [1.54, 1.807) is 6.20 Å². The number of hydrogen-bond acceptors (Lipinski definition) is 7. The molecule has 0 atom stereocenters. The molecule has 4 aromatic rings. The summed E-state index contributed by atoms with van der Waals surface area (Å²) in [5.74, 6) is 0.350. The monoisotopic (exact) mass is 602 g/mol. The number of carbonyl (C=O) groups excluding carboxylic acids is 1. The van der Waals surface area contributed by atoms with Gasteiger partial charge in [-0.05, 0) is 68.3 Å². The van der Waals surface area contributed by atoms with Crippen molar-refractivity contribution in [2.24, 2.45) is 0 Å². The van der Waals surface area contributed by atoms with Gasteiger partial charge in [0.25, 0.3) is 0 Å². The van der Waals surface area contributed by atoms with Crippen LogP contribution in [-0.4, -0.2) is 64.7 Å². The number of nitrogens with two attached hydrogens (primary N) is 1. The largest absolute Gasteiger partial charge is 0.398 e. The quantitative estimate of drug-likeness (QED) is 0.105. The zero-order valence-corrected chi connectivity index (χ0v) is 26.5. The van der Waals surface area contributed by atoms with Crippen LogP contribution in [0.25, 0.3) is 16.6 Å². The number of hydrogen-bond donors (Lipinski definition) is 4. The number of piperazine rings is 1. The van der Waals surface area contributed by atoms with Crippen LogP contribution < -0.4 is 16.0 Å². The summed E-state index contributed by atoms with van der Waals surface area (Å²) >= 11 is 0. The van der Waals surface area contributed by atoms with Crippen molar-refractivity contribution in [3.63, 3.8) is 0 Å². The van der Waals surface area contributed by atoms with Crippen LogP contribution in [-0.2, 0) is 11.2 Å². The molecule has 45 heavy (non-hydrogen) atoms. The maximum Gasteiger partial charge on any atom is 0.228 e. The van der Waals surface area contributed by atoms with Crippen LogP contribution >= 0.6 is 0 Å². The third-order valence-corrected chi connectivity index (χ3v) is 8.18. The minimum atomic E-state index is -0.0850. The van der Waals surface area contributed by atoms with Crippen LogP contribution in [0.4, 0.5) is 11.4 Å². The van der Waals surface area contributed by atoms with Gasteiger partial charge in [-0.1, -0.05) is 55.0 Å². The van der Waals surface area contributed by atoms with E-state index in [1.807, 2.05) is 86.8 Å². The normalized spacial score (nSPS) is 15.0. The topological polar surface area (TPSA) is 127 Å². The summed E-state index contributed by atoms with van der Waals surface area (Å²) < 4.78 is 0. The maximum absolute atomic E-state index is 13.0. The average Bonchev–Trinajstić information content (AvgIpc) is 3.49. The highest BCUT2D eigenvalue weighted by atomic mass is 16.1. The third-order valence-electron chi connectivity index (χ3n) is 8.18. The number of fused-ring (bicyclic) bond motifs is 1. The second-order valence-corrected chi connectivity index (χ2v) is 11.5. The second-order valence-electron chi connectivity index (χ2n) is 11.5. The Morgan fingerprint density at radius 3 is 2.56 bits per heavy atom. The standard InChI is InChI=1S/C36H42N8O/c1-5-24(3)18-28(40-33(45)19-25-10-8-7-9-11-25)20-26(6-2)27-12-13-30(37)29(21-27)34(38)36-41-31-22-39-23-32(35(31)42-36)44-16-14-43(4)15-17-44/h6-13,18,20-23,38H,5,14-17,19,37H2,1-4H3,(H,40,45)(H,41,42). The first-order chi connectivity index (χ1) is 21.7. The molecule has 3 heterocycles. The zero-order valence-electron chi connectivity index (χ0n) is 26.5. The van der Waals surface area contributed by atoms with Crippen molar-refractivity contribution in [3.05, 3.63) is 113 Å². The fourth-order valence-corrected chi connectivity index (χ4v) is 5.36. The Bertz CT molecular complexity index is 1780. The predicted molar refractivity (Wildman–Crippen MR) is 184 cm³/mol. The number of H-pyrrole nitrogens is 1. The van der Waals surface area contributed by atoms with E-state index in [1.165, 1.54) is 0 Å². The number of benzene rings is 2. The molecule has 5 rings (SSSR count). The lowest BCUT2D eigenvalue weighted by atomic mass is 9.98. The molecule has 2 aromatic carbocycles. The van der Waals surface area contributed by atoms with Crippen molar-refractivity contribution in [2.75, 3.05) is 43.9 Å². The summed E-state index contributed by atoms with van der Waals surface area (Å²) in [6, 6.07) is 15.4. The van der Waals surface area contributed by atoms with Crippen molar-refractivity contribution in [3.8, 4) is 0 Å². The van der Waals surface area contributed by atoms with Gasteiger partial charge in [-0.15, -0.1) is 0 Å². The predicted octanol–water partition coefficient (Wildman–Crippen LogP) is 5.71. The molecular formula is C36H42N8O. The molecule has 0 radical (unpaired) electrons. The highest BCUT2D eigenvalue weighted by molar-refractivity contribution is 6.13. The number of nitrogen functional groups attached to an aromatic ring is 1. The molecule has 9 nitrogen and oxygen atoms in total. The molecule has 9 heteroatoms. The minimum absolute atomic E-state index is 0.0850. The fourth-order valence-electron chi connectivity index (χ4n) is 5.36. The first-order valence-electron chi connectivity index (χ1n) is 15.4. The van der Waals surface area contributed by atoms with Gasteiger partial charge >= 0.3 is 0 Å². The molecular weight excluding hydrogens is 560 g/mol. The Morgan fingerprint density at radius 1 is 1.09 bits per heavy atom. The number of aromatic amines is 1. The van der Waals surface area contributed by atoms with Gasteiger partial charge in [-0.2, -0.15) is 0 Å².